The van der Waals surface area contributed by atoms with E-state index in [-0.39, 0.29) is 12.3 Å². The fourth-order valence-corrected chi connectivity index (χ4v) is 2.31. The van der Waals surface area contributed by atoms with Crippen molar-refractivity contribution in [3.63, 3.8) is 0 Å². The molecule has 5 heteroatoms. The fourth-order valence-electron chi connectivity index (χ4n) is 2.31. The Morgan fingerprint density at radius 2 is 1.94 bits per heavy atom. The maximum absolute atomic E-state index is 12.0. The van der Waals surface area contributed by atoms with Crippen LogP contribution in [0.2, 0.25) is 0 Å². The minimum atomic E-state index is -0.784. The van der Waals surface area contributed by atoms with Crippen molar-refractivity contribution in [3.05, 3.63) is 0 Å². The van der Waals surface area contributed by atoms with Crippen molar-refractivity contribution < 1.29 is 14.7 Å². The van der Waals surface area contributed by atoms with Crippen LogP contribution in [0, 0.1) is 0 Å². The summed E-state index contributed by atoms with van der Waals surface area (Å²) >= 11 is 0. The Hall–Kier alpha value is -1.10. The molecule has 1 aliphatic rings. The predicted octanol–water partition coefficient (Wildman–Crippen LogP) is 1.18. The number of likely N-dealkylation sites (N-methyl/N-ethyl adjacent to an activating group) is 1. The lowest BCUT2D eigenvalue weighted by Gasteiger charge is -2.36. The van der Waals surface area contributed by atoms with E-state index in [1.807, 2.05) is 19.0 Å². The molecule has 1 amide bonds. The molecule has 0 spiro atoms. The molecule has 0 aromatic heterocycles. The average molecular weight is 256 g/mol. The van der Waals surface area contributed by atoms with Crippen LogP contribution in [0.1, 0.15) is 38.5 Å². The Balaban J connectivity index is 2.26. The quantitative estimate of drug-likeness (QED) is 0.725. The first-order chi connectivity index (χ1) is 8.50. The highest BCUT2D eigenvalue weighted by Gasteiger charge is 2.24. The van der Waals surface area contributed by atoms with Gasteiger partial charge in [-0.1, -0.05) is 0 Å². The molecule has 0 bridgehead atoms. The second kappa shape index (κ2) is 7.36. The van der Waals surface area contributed by atoms with E-state index in [0.29, 0.717) is 25.3 Å². The van der Waals surface area contributed by atoms with Crippen LogP contribution >= 0.6 is 0 Å². The number of nitrogens with zero attached hydrogens (tertiary/aromatic N) is 2. The number of rotatable bonds is 6. The van der Waals surface area contributed by atoms with Gasteiger partial charge in [-0.05, 0) is 39.8 Å². The molecule has 1 atom stereocenters. The Morgan fingerprint density at radius 1 is 1.28 bits per heavy atom. The van der Waals surface area contributed by atoms with E-state index in [1.54, 1.807) is 0 Å². The minimum Gasteiger partial charge on any atom is -0.481 e. The summed E-state index contributed by atoms with van der Waals surface area (Å²) in [5.41, 5.74) is 0. The van der Waals surface area contributed by atoms with Gasteiger partial charge in [0.2, 0.25) is 5.91 Å². The lowest BCUT2D eigenvalue weighted by molar-refractivity contribution is -0.138. The van der Waals surface area contributed by atoms with E-state index in [9.17, 15) is 9.59 Å². The summed E-state index contributed by atoms with van der Waals surface area (Å²) in [5.74, 6) is -0.611. The number of amides is 1. The topological polar surface area (TPSA) is 60.9 Å². The molecular weight excluding hydrogens is 232 g/mol. The molecule has 1 fully saturated rings. The van der Waals surface area contributed by atoms with E-state index in [4.69, 9.17) is 5.11 Å². The summed E-state index contributed by atoms with van der Waals surface area (Å²) in [6.45, 7) is 1.66. The van der Waals surface area contributed by atoms with Gasteiger partial charge < -0.3 is 14.9 Å². The average Bonchev–Trinajstić information content (AvgIpc) is 2.34. The second-order valence-corrected chi connectivity index (χ2v) is 5.20. The van der Waals surface area contributed by atoms with Crippen molar-refractivity contribution in [2.75, 3.05) is 27.2 Å². The molecule has 18 heavy (non-hydrogen) atoms. The Kier molecular flexibility index (Phi) is 6.12. The Labute approximate surface area is 109 Å². The molecule has 1 saturated heterocycles. The maximum atomic E-state index is 12.0. The zero-order valence-corrected chi connectivity index (χ0v) is 11.4. The van der Waals surface area contributed by atoms with Crippen LogP contribution in [-0.4, -0.2) is 60.0 Å². The number of carboxylic acids is 1. The Morgan fingerprint density at radius 3 is 2.56 bits per heavy atom. The minimum absolute atomic E-state index is 0.160. The molecule has 0 aromatic rings. The molecule has 1 heterocycles. The summed E-state index contributed by atoms with van der Waals surface area (Å²) in [4.78, 5) is 26.4. The smallest absolute Gasteiger partial charge is 0.303 e. The number of aliphatic carboxylic acids is 1. The van der Waals surface area contributed by atoms with Gasteiger partial charge in [0.05, 0.1) is 0 Å². The third-order valence-electron chi connectivity index (χ3n) is 3.51. The SMILES string of the molecule is CN(C)C1CCCN(C(=O)CCCCC(=O)O)C1. The van der Waals surface area contributed by atoms with E-state index in [1.165, 1.54) is 0 Å². The molecule has 0 aliphatic carbocycles. The number of unbranched alkanes of at least 4 members (excludes halogenated alkanes) is 1. The fraction of sp³-hybridized carbons (Fsp3) is 0.846. The van der Waals surface area contributed by atoms with E-state index >= 15 is 0 Å². The van der Waals surface area contributed by atoms with Gasteiger partial charge in [0.1, 0.15) is 0 Å². The first-order valence-corrected chi connectivity index (χ1v) is 6.66. The van der Waals surface area contributed by atoms with Crippen molar-refractivity contribution in [1.29, 1.82) is 0 Å². The second-order valence-electron chi connectivity index (χ2n) is 5.20. The van der Waals surface area contributed by atoms with Crippen LogP contribution in [0.3, 0.4) is 0 Å². The van der Waals surface area contributed by atoms with Gasteiger partial charge >= 0.3 is 5.97 Å². The molecule has 1 unspecified atom stereocenters. The third-order valence-corrected chi connectivity index (χ3v) is 3.51. The summed E-state index contributed by atoms with van der Waals surface area (Å²) in [5, 5.41) is 8.52. The highest BCUT2D eigenvalue weighted by molar-refractivity contribution is 5.76. The van der Waals surface area contributed by atoms with Crippen LogP contribution < -0.4 is 0 Å². The molecule has 0 radical (unpaired) electrons. The molecule has 1 aliphatic heterocycles. The molecule has 0 saturated carbocycles. The van der Waals surface area contributed by atoms with Crippen LogP contribution in [0.5, 0.6) is 0 Å². The highest BCUT2D eigenvalue weighted by atomic mass is 16.4. The van der Waals surface area contributed by atoms with Crippen molar-refractivity contribution in [2.45, 2.75) is 44.6 Å². The standard InChI is InChI=1S/C13H24N2O3/c1-14(2)11-6-5-9-15(10-11)12(16)7-3-4-8-13(17)18/h11H,3-10H2,1-2H3,(H,17,18). The van der Waals surface area contributed by atoms with Gasteiger partial charge in [-0.15, -0.1) is 0 Å². The molecule has 1 rings (SSSR count). The molecule has 5 nitrogen and oxygen atoms in total. The lowest BCUT2D eigenvalue weighted by Crippen LogP contribution is -2.47. The third kappa shape index (κ3) is 5.04. The number of hydrogen-bond donors (Lipinski definition) is 1. The zero-order valence-electron chi connectivity index (χ0n) is 11.4. The zero-order chi connectivity index (χ0) is 13.5. The number of piperidine rings is 1. The van der Waals surface area contributed by atoms with Crippen LogP contribution in [0.4, 0.5) is 0 Å². The summed E-state index contributed by atoms with van der Waals surface area (Å²) < 4.78 is 0. The predicted molar refractivity (Wildman–Crippen MR) is 69.4 cm³/mol. The molecular formula is C13H24N2O3. The van der Waals surface area contributed by atoms with Crippen LogP contribution in [0.25, 0.3) is 0 Å². The van der Waals surface area contributed by atoms with Crippen molar-refractivity contribution >= 4 is 11.9 Å². The van der Waals surface area contributed by atoms with Crippen molar-refractivity contribution in [2.24, 2.45) is 0 Å². The van der Waals surface area contributed by atoms with Crippen molar-refractivity contribution in [3.8, 4) is 0 Å². The van der Waals surface area contributed by atoms with Crippen molar-refractivity contribution in [1.82, 2.24) is 9.80 Å². The Bertz CT molecular complexity index is 292. The van der Waals surface area contributed by atoms with Crippen LogP contribution in [-0.2, 0) is 9.59 Å². The number of carbonyl (C=O) groups excluding carboxylic acids is 1. The van der Waals surface area contributed by atoms with Gasteiger partial charge in [0.25, 0.3) is 0 Å². The number of likely N-dealkylation sites (tertiary alicyclic amines) is 1. The normalized spacial score (nSPS) is 20.2. The van der Waals surface area contributed by atoms with Gasteiger partial charge in [-0.2, -0.15) is 0 Å². The monoisotopic (exact) mass is 256 g/mol. The van der Waals surface area contributed by atoms with Gasteiger partial charge in [-0.25, -0.2) is 0 Å². The lowest BCUT2D eigenvalue weighted by atomic mass is 10.0. The molecule has 104 valence electrons. The van der Waals surface area contributed by atoms with Gasteiger partial charge in [-0.3, -0.25) is 9.59 Å². The molecule has 1 N–H and O–H groups in total. The first kappa shape index (κ1) is 15.0. The summed E-state index contributed by atoms with van der Waals surface area (Å²) in [7, 11) is 4.09. The molecule has 0 aromatic carbocycles. The highest BCUT2D eigenvalue weighted by Crippen LogP contribution is 2.15. The number of carbonyl (C=O) groups is 2. The number of carboxylic acid groups (broad SMARTS) is 1. The van der Waals surface area contributed by atoms with E-state index < -0.39 is 5.97 Å². The first-order valence-electron chi connectivity index (χ1n) is 6.66. The van der Waals surface area contributed by atoms with E-state index in [0.717, 1.165) is 25.9 Å². The summed E-state index contributed by atoms with van der Waals surface area (Å²) in [6, 6.07) is 0.460. The van der Waals surface area contributed by atoms with E-state index in [2.05, 4.69) is 4.90 Å². The maximum Gasteiger partial charge on any atom is 0.303 e. The van der Waals surface area contributed by atoms with Gasteiger partial charge in [0, 0.05) is 32.0 Å². The number of hydrogen-bond acceptors (Lipinski definition) is 3. The van der Waals surface area contributed by atoms with Gasteiger partial charge in [0.15, 0.2) is 0 Å². The largest absolute Gasteiger partial charge is 0.481 e. The van der Waals surface area contributed by atoms with Crippen LogP contribution in [0.15, 0.2) is 0 Å². The summed E-state index contributed by atoms with van der Waals surface area (Å²) in [6.07, 6.45) is 4.11.